The Morgan fingerprint density at radius 2 is 1.74 bits per heavy atom. The van der Waals surface area contributed by atoms with E-state index in [2.05, 4.69) is 39.9 Å². The molecule has 0 aliphatic carbocycles. The Kier molecular flexibility index (Phi) is 5.99. The van der Waals surface area contributed by atoms with Gasteiger partial charge in [-0.1, -0.05) is 46.8 Å². The second-order valence-electron chi connectivity index (χ2n) is 6.56. The van der Waals surface area contributed by atoms with Crippen LogP contribution in [0.4, 0.5) is 4.39 Å². The van der Waals surface area contributed by atoms with Crippen molar-refractivity contribution in [3.05, 3.63) is 35.6 Å². The van der Waals surface area contributed by atoms with Crippen LogP contribution in [-0.2, 0) is 0 Å². The molecule has 19 heavy (non-hydrogen) atoms. The maximum atomic E-state index is 13.0. The maximum Gasteiger partial charge on any atom is 0.123 e. The third kappa shape index (κ3) is 5.32. The Morgan fingerprint density at radius 3 is 2.21 bits per heavy atom. The van der Waals surface area contributed by atoms with E-state index in [0.29, 0.717) is 17.4 Å². The van der Waals surface area contributed by atoms with Crippen molar-refractivity contribution in [2.24, 2.45) is 11.3 Å². The molecule has 1 rings (SSSR count). The highest BCUT2D eigenvalue weighted by atomic mass is 19.1. The summed E-state index contributed by atoms with van der Waals surface area (Å²) < 4.78 is 13.0. The van der Waals surface area contributed by atoms with Gasteiger partial charge < -0.3 is 5.32 Å². The Hall–Kier alpha value is -0.890. The van der Waals surface area contributed by atoms with Crippen LogP contribution in [0.25, 0.3) is 0 Å². The first-order chi connectivity index (χ1) is 8.84. The van der Waals surface area contributed by atoms with E-state index in [-0.39, 0.29) is 5.82 Å². The molecule has 1 nitrogen and oxygen atoms in total. The molecule has 0 aliphatic heterocycles. The van der Waals surface area contributed by atoms with E-state index < -0.39 is 0 Å². The molecule has 2 heteroatoms. The predicted molar refractivity (Wildman–Crippen MR) is 80.7 cm³/mol. The highest BCUT2D eigenvalue weighted by Gasteiger charge is 2.24. The molecule has 0 saturated carbocycles. The van der Waals surface area contributed by atoms with Gasteiger partial charge in [0.2, 0.25) is 0 Å². The van der Waals surface area contributed by atoms with E-state index in [1.54, 1.807) is 12.1 Å². The van der Waals surface area contributed by atoms with Crippen LogP contribution in [0, 0.1) is 17.2 Å². The molecular formula is C17H28FN. The van der Waals surface area contributed by atoms with Crippen LogP contribution in [0.5, 0.6) is 0 Å². The van der Waals surface area contributed by atoms with Crippen molar-refractivity contribution in [3.63, 3.8) is 0 Å². The van der Waals surface area contributed by atoms with Crippen molar-refractivity contribution in [1.29, 1.82) is 0 Å². The third-order valence-corrected chi connectivity index (χ3v) is 3.98. The summed E-state index contributed by atoms with van der Waals surface area (Å²) in [4.78, 5) is 0. The molecule has 0 aromatic heterocycles. The van der Waals surface area contributed by atoms with Crippen molar-refractivity contribution in [1.82, 2.24) is 5.32 Å². The van der Waals surface area contributed by atoms with Crippen molar-refractivity contribution in [3.8, 4) is 0 Å². The Balaban J connectivity index is 2.79. The van der Waals surface area contributed by atoms with E-state index in [0.717, 1.165) is 19.4 Å². The Labute approximate surface area is 117 Å². The zero-order chi connectivity index (χ0) is 14.5. The van der Waals surface area contributed by atoms with Crippen LogP contribution < -0.4 is 5.32 Å². The van der Waals surface area contributed by atoms with Crippen LogP contribution in [0.1, 0.15) is 59.1 Å². The molecule has 0 saturated heterocycles. The molecule has 0 aliphatic rings. The normalized spacial score (nSPS) is 15.3. The highest BCUT2D eigenvalue weighted by Crippen LogP contribution is 2.33. The van der Waals surface area contributed by atoms with Gasteiger partial charge in [0, 0.05) is 6.04 Å². The minimum Gasteiger partial charge on any atom is -0.310 e. The molecule has 1 aromatic rings. The summed E-state index contributed by atoms with van der Waals surface area (Å²) in [6, 6.07) is 7.22. The Bertz CT molecular complexity index is 364. The van der Waals surface area contributed by atoms with Gasteiger partial charge in [0.1, 0.15) is 5.82 Å². The second-order valence-corrected chi connectivity index (χ2v) is 6.56. The zero-order valence-corrected chi connectivity index (χ0v) is 13.0. The van der Waals surface area contributed by atoms with Crippen LogP contribution in [0.3, 0.4) is 0 Å². The van der Waals surface area contributed by atoms with E-state index in [1.165, 1.54) is 5.56 Å². The van der Waals surface area contributed by atoms with Crippen LogP contribution >= 0.6 is 0 Å². The summed E-state index contributed by atoms with van der Waals surface area (Å²) >= 11 is 0. The van der Waals surface area contributed by atoms with Crippen molar-refractivity contribution < 1.29 is 4.39 Å². The Morgan fingerprint density at radius 1 is 1.16 bits per heavy atom. The lowest BCUT2D eigenvalue weighted by Crippen LogP contribution is -2.28. The summed E-state index contributed by atoms with van der Waals surface area (Å²) in [6.07, 6.45) is 2.19. The summed E-state index contributed by atoms with van der Waals surface area (Å²) in [5.74, 6) is 0.439. The third-order valence-electron chi connectivity index (χ3n) is 3.98. The number of hydrogen-bond donors (Lipinski definition) is 1. The SMILES string of the molecule is CCCNC(CC(C)C(C)(C)C)c1ccc(F)cc1. The molecule has 0 bridgehead atoms. The molecular weight excluding hydrogens is 237 g/mol. The molecule has 2 unspecified atom stereocenters. The first-order valence-electron chi connectivity index (χ1n) is 7.33. The lowest BCUT2D eigenvalue weighted by Gasteiger charge is -2.31. The van der Waals surface area contributed by atoms with Gasteiger partial charge in [0.15, 0.2) is 0 Å². The smallest absolute Gasteiger partial charge is 0.123 e. The fourth-order valence-corrected chi connectivity index (χ4v) is 2.06. The first kappa shape index (κ1) is 16.2. The standard InChI is InChI=1S/C17H28FN/c1-6-11-19-16(12-13(2)17(3,4)5)14-7-9-15(18)10-8-14/h7-10,13,16,19H,6,11-12H2,1-5H3. The average Bonchev–Trinajstić information content (AvgIpc) is 2.34. The van der Waals surface area contributed by atoms with Crippen molar-refractivity contribution >= 4 is 0 Å². The van der Waals surface area contributed by atoms with E-state index in [9.17, 15) is 4.39 Å². The van der Waals surface area contributed by atoms with Gasteiger partial charge in [0.25, 0.3) is 0 Å². The number of hydrogen-bond acceptors (Lipinski definition) is 1. The molecule has 0 fully saturated rings. The molecule has 1 aromatic carbocycles. The van der Waals surface area contributed by atoms with E-state index in [1.807, 2.05) is 12.1 Å². The fourth-order valence-electron chi connectivity index (χ4n) is 2.06. The molecule has 0 radical (unpaired) electrons. The maximum absolute atomic E-state index is 13.0. The lowest BCUT2D eigenvalue weighted by molar-refractivity contribution is 0.223. The van der Waals surface area contributed by atoms with Gasteiger partial charge in [-0.25, -0.2) is 4.39 Å². The van der Waals surface area contributed by atoms with Crippen LogP contribution in [0.2, 0.25) is 0 Å². The van der Waals surface area contributed by atoms with Crippen molar-refractivity contribution in [2.75, 3.05) is 6.54 Å². The second kappa shape index (κ2) is 7.04. The first-order valence-corrected chi connectivity index (χ1v) is 7.33. The lowest BCUT2D eigenvalue weighted by atomic mass is 9.77. The monoisotopic (exact) mass is 265 g/mol. The summed E-state index contributed by atoms with van der Waals surface area (Å²) in [5, 5.41) is 3.59. The fraction of sp³-hybridized carbons (Fsp3) is 0.647. The van der Waals surface area contributed by atoms with Crippen LogP contribution in [-0.4, -0.2) is 6.54 Å². The summed E-state index contributed by atoms with van der Waals surface area (Å²) in [5.41, 5.74) is 1.48. The van der Waals surface area contributed by atoms with Crippen molar-refractivity contribution in [2.45, 2.75) is 53.5 Å². The van der Waals surface area contributed by atoms with Gasteiger partial charge >= 0.3 is 0 Å². The number of nitrogens with one attached hydrogen (secondary N) is 1. The van der Waals surface area contributed by atoms with Crippen LogP contribution in [0.15, 0.2) is 24.3 Å². The highest BCUT2D eigenvalue weighted by molar-refractivity contribution is 5.20. The largest absolute Gasteiger partial charge is 0.310 e. The predicted octanol–water partition coefficient (Wildman–Crippen LogP) is 4.94. The minimum atomic E-state index is -0.165. The van der Waals surface area contributed by atoms with Gasteiger partial charge in [-0.15, -0.1) is 0 Å². The van der Waals surface area contributed by atoms with Gasteiger partial charge in [-0.3, -0.25) is 0 Å². The average molecular weight is 265 g/mol. The molecule has 108 valence electrons. The number of halogens is 1. The van der Waals surface area contributed by atoms with Gasteiger partial charge in [-0.05, 0) is 48.4 Å². The molecule has 2 atom stereocenters. The van der Waals surface area contributed by atoms with Gasteiger partial charge in [-0.2, -0.15) is 0 Å². The quantitative estimate of drug-likeness (QED) is 0.768. The van der Waals surface area contributed by atoms with E-state index >= 15 is 0 Å². The topological polar surface area (TPSA) is 12.0 Å². The summed E-state index contributed by atoms with van der Waals surface area (Å²) in [6.45, 7) is 12.3. The minimum absolute atomic E-state index is 0.165. The zero-order valence-electron chi connectivity index (χ0n) is 13.0. The molecule has 0 amide bonds. The molecule has 1 N–H and O–H groups in total. The molecule has 0 spiro atoms. The number of rotatable bonds is 6. The van der Waals surface area contributed by atoms with E-state index in [4.69, 9.17) is 0 Å². The molecule has 0 heterocycles. The summed E-state index contributed by atoms with van der Waals surface area (Å²) in [7, 11) is 0. The number of benzene rings is 1. The van der Waals surface area contributed by atoms with Gasteiger partial charge in [0.05, 0.1) is 0 Å².